The number of rotatable bonds is 7. The van der Waals surface area contributed by atoms with Crippen molar-refractivity contribution in [2.45, 2.75) is 25.9 Å². The van der Waals surface area contributed by atoms with Crippen molar-refractivity contribution in [2.75, 3.05) is 39.4 Å². The molecule has 0 aromatic heterocycles. The third kappa shape index (κ3) is 6.51. The van der Waals surface area contributed by atoms with Gasteiger partial charge in [0, 0.05) is 39.1 Å². The van der Waals surface area contributed by atoms with E-state index in [-0.39, 0.29) is 18.5 Å². The van der Waals surface area contributed by atoms with E-state index in [1.54, 1.807) is 0 Å². The smallest absolute Gasteiger partial charge is 0.327 e. The van der Waals surface area contributed by atoms with E-state index < -0.39 is 12.0 Å². The van der Waals surface area contributed by atoms with Crippen LogP contribution in [0.5, 0.6) is 0 Å². The Balaban J connectivity index is 2.28. The van der Waals surface area contributed by atoms with Crippen LogP contribution in [0.25, 0.3) is 0 Å². The van der Waals surface area contributed by atoms with Crippen LogP contribution < -0.4 is 10.6 Å². The second-order valence-corrected chi connectivity index (χ2v) is 4.81. The summed E-state index contributed by atoms with van der Waals surface area (Å²) in [7, 11) is 0. The summed E-state index contributed by atoms with van der Waals surface area (Å²) in [4.78, 5) is 24.1. The Labute approximate surface area is 113 Å². The number of carbonyl (C=O) groups is 2. The molecule has 3 N–H and O–H groups in total. The maximum absolute atomic E-state index is 11.0. The molecule has 0 radical (unpaired) electrons. The molecule has 1 aliphatic rings. The lowest BCUT2D eigenvalue weighted by molar-refractivity contribution is -0.141. The monoisotopic (exact) mass is 273 g/mol. The predicted molar refractivity (Wildman–Crippen MR) is 70.0 cm³/mol. The molecule has 1 aliphatic heterocycles. The van der Waals surface area contributed by atoms with Gasteiger partial charge in [0.25, 0.3) is 0 Å². The molecule has 7 nitrogen and oxygen atoms in total. The molecule has 0 bridgehead atoms. The van der Waals surface area contributed by atoms with Crippen molar-refractivity contribution in [3.8, 4) is 0 Å². The Morgan fingerprint density at radius 1 is 1.37 bits per heavy atom. The van der Waals surface area contributed by atoms with Gasteiger partial charge in [0.2, 0.25) is 5.91 Å². The number of hydrogen-bond acceptors (Lipinski definition) is 5. The largest absolute Gasteiger partial charge is 0.480 e. The minimum Gasteiger partial charge on any atom is -0.480 e. The maximum atomic E-state index is 11.0. The van der Waals surface area contributed by atoms with Gasteiger partial charge >= 0.3 is 5.97 Å². The van der Waals surface area contributed by atoms with Crippen LogP contribution in [-0.4, -0.2) is 73.4 Å². The lowest BCUT2D eigenvalue weighted by Crippen LogP contribution is -2.51. The zero-order chi connectivity index (χ0) is 14.3. The zero-order valence-corrected chi connectivity index (χ0v) is 11.5. The minimum absolute atomic E-state index is 0.161. The fraction of sp³-hybridized carbons (Fsp3) is 0.833. The summed E-state index contributed by atoms with van der Waals surface area (Å²) in [6, 6.07) is -0.724. The molecule has 1 amide bonds. The van der Waals surface area contributed by atoms with E-state index in [0.717, 1.165) is 32.8 Å². The predicted octanol–water partition coefficient (Wildman–Crippen LogP) is -1.11. The third-order valence-corrected chi connectivity index (χ3v) is 2.98. The molecule has 0 saturated carbocycles. The van der Waals surface area contributed by atoms with Gasteiger partial charge < -0.3 is 20.5 Å². The van der Waals surface area contributed by atoms with Gasteiger partial charge in [-0.05, 0) is 6.92 Å². The van der Waals surface area contributed by atoms with Gasteiger partial charge in [0.05, 0.1) is 13.2 Å². The molecular weight excluding hydrogens is 250 g/mol. The lowest BCUT2D eigenvalue weighted by atomic mass is 10.2. The number of amides is 1. The minimum atomic E-state index is -1.03. The van der Waals surface area contributed by atoms with Crippen LogP contribution in [0.4, 0.5) is 0 Å². The van der Waals surface area contributed by atoms with E-state index in [1.165, 1.54) is 6.92 Å². The first-order valence-corrected chi connectivity index (χ1v) is 6.52. The van der Waals surface area contributed by atoms with Crippen LogP contribution in [0.15, 0.2) is 0 Å². The van der Waals surface area contributed by atoms with Crippen LogP contribution in [-0.2, 0) is 14.3 Å². The van der Waals surface area contributed by atoms with Gasteiger partial charge in [-0.3, -0.25) is 9.69 Å². The first kappa shape index (κ1) is 15.9. The van der Waals surface area contributed by atoms with Gasteiger partial charge in [-0.25, -0.2) is 4.79 Å². The molecule has 19 heavy (non-hydrogen) atoms. The molecule has 7 heteroatoms. The van der Waals surface area contributed by atoms with Gasteiger partial charge in [0.15, 0.2) is 0 Å². The van der Waals surface area contributed by atoms with E-state index in [4.69, 9.17) is 9.84 Å². The second kappa shape index (κ2) is 8.08. The fourth-order valence-electron chi connectivity index (χ4n) is 2.00. The molecule has 2 unspecified atom stereocenters. The highest BCUT2D eigenvalue weighted by atomic mass is 16.5. The standard InChI is InChI=1S/C12H23N3O4/c1-9(8-15-3-5-19-6-4-15)13-7-11(12(17)18)14-10(2)16/h9,11,13H,3-8H2,1-2H3,(H,14,16)(H,17,18). The van der Waals surface area contributed by atoms with Crippen molar-refractivity contribution in [2.24, 2.45) is 0 Å². The van der Waals surface area contributed by atoms with Gasteiger partial charge in [-0.15, -0.1) is 0 Å². The van der Waals surface area contributed by atoms with Crippen molar-refractivity contribution < 1.29 is 19.4 Å². The number of morpholine rings is 1. The molecular formula is C12H23N3O4. The Hall–Kier alpha value is -1.18. The summed E-state index contributed by atoms with van der Waals surface area (Å²) in [5, 5.41) is 14.5. The first-order chi connectivity index (χ1) is 8.99. The summed E-state index contributed by atoms with van der Waals surface area (Å²) in [5.74, 6) is -1.36. The van der Waals surface area contributed by atoms with Crippen LogP contribution >= 0.6 is 0 Å². The van der Waals surface area contributed by atoms with E-state index >= 15 is 0 Å². The number of carboxylic acid groups (broad SMARTS) is 1. The molecule has 1 saturated heterocycles. The molecule has 110 valence electrons. The SMILES string of the molecule is CC(=O)NC(CNC(C)CN1CCOCC1)C(=O)O. The summed E-state index contributed by atoms with van der Waals surface area (Å²) < 4.78 is 5.27. The normalized spacial score (nSPS) is 19.7. The molecule has 0 aliphatic carbocycles. The molecule has 1 fully saturated rings. The second-order valence-electron chi connectivity index (χ2n) is 4.81. The number of ether oxygens (including phenoxy) is 1. The fourth-order valence-corrected chi connectivity index (χ4v) is 2.00. The van der Waals surface area contributed by atoms with Crippen LogP contribution in [0.1, 0.15) is 13.8 Å². The van der Waals surface area contributed by atoms with Crippen LogP contribution in [0.3, 0.4) is 0 Å². The van der Waals surface area contributed by atoms with Gasteiger partial charge in [-0.2, -0.15) is 0 Å². The summed E-state index contributed by atoms with van der Waals surface area (Å²) in [6.45, 7) is 7.68. The Kier molecular flexibility index (Phi) is 6.75. The number of hydrogen-bond donors (Lipinski definition) is 3. The average Bonchev–Trinajstić information content (AvgIpc) is 2.35. The number of carboxylic acids is 1. The summed E-state index contributed by atoms with van der Waals surface area (Å²) >= 11 is 0. The van der Waals surface area contributed by atoms with Crippen molar-refractivity contribution >= 4 is 11.9 Å². The Bertz CT molecular complexity index is 305. The maximum Gasteiger partial charge on any atom is 0.327 e. The van der Waals surface area contributed by atoms with Crippen LogP contribution in [0, 0.1) is 0 Å². The van der Waals surface area contributed by atoms with Crippen LogP contribution in [0.2, 0.25) is 0 Å². The van der Waals surface area contributed by atoms with E-state index in [9.17, 15) is 9.59 Å². The van der Waals surface area contributed by atoms with Crippen molar-refractivity contribution in [3.05, 3.63) is 0 Å². The summed E-state index contributed by atoms with van der Waals surface area (Å²) in [5.41, 5.74) is 0. The summed E-state index contributed by atoms with van der Waals surface area (Å²) in [6.07, 6.45) is 0. The van der Waals surface area contributed by atoms with Crippen molar-refractivity contribution in [1.29, 1.82) is 0 Å². The van der Waals surface area contributed by atoms with Crippen molar-refractivity contribution in [1.82, 2.24) is 15.5 Å². The number of nitrogens with one attached hydrogen (secondary N) is 2. The van der Waals surface area contributed by atoms with Gasteiger partial charge in [-0.1, -0.05) is 0 Å². The molecule has 1 rings (SSSR count). The molecule has 2 atom stereocenters. The Morgan fingerprint density at radius 2 is 2.00 bits per heavy atom. The first-order valence-electron chi connectivity index (χ1n) is 6.52. The molecule has 0 aromatic carbocycles. The highest BCUT2D eigenvalue weighted by Gasteiger charge is 2.20. The quantitative estimate of drug-likeness (QED) is 0.545. The third-order valence-electron chi connectivity index (χ3n) is 2.98. The molecule has 0 spiro atoms. The lowest BCUT2D eigenvalue weighted by Gasteiger charge is -2.29. The van der Waals surface area contributed by atoms with E-state index in [0.29, 0.717) is 0 Å². The average molecular weight is 273 g/mol. The highest BCUT2D eigenvalue weighted by molar-refractivity contribution is 5.82. The molecule has 0 aromatic rings. The van der Waals surface area contributed by atoms with E-state index in [2.05, 4.69) is 15.5 Å². The number of nitrogens with zero attached hydrogens (tertiary/aromatic N) is 1. The number of aliphatic carboxylic acids is 1. The molecule has 1 heterocycles. The topological polar surface area (TPSA) is 90.9 Å². The zero-order valence-electron chi connectivity index (χ0n) is 11.5. The number of carbonyl (C=O) groups excluding carboxylic acids is 1. The van der Waals surface area contributed by atoms with Crippen molar-refractivity contribution in [3.63, 3.8) is 0 Å². The highest BCUT2D eigenvalue weighted by Crippen LogP contribution is 1.98. The Morgan fingerprint density at radius 3 is 2.53 bits per heavy atom. The van der Waals surface area contributed by atoms with E-state index in [1.807, 2.05) is 6.92 Å². The van der Waals surface area contributed by atoms with Gasteiger partial charge in [0.1, 0.15) is 6.04 Å².